The van der Waals surface area contributed by atoms with Gasteiger partial charge in [0.2, 0.25) is 11.9 Å². The van der Waals surface area contributed by atoms with Gasteiger partial charge in [0.15, 0.2) is 5.82 Å². The highest BCUT2D eigenvalue weighted by Gasteiger charge is 2.20. The lowest BCUT2D eigenvalue weighted by Gasteiger charge is -2.14. The van der Waals surface area contributed by atoms with Crippen LogP contribution in [0.15, 0.2) is 163 Å². The largest absolute Gasteiger partial charge is 0.278 e. The number of nitrogens with zero attached hydrogens (tertiary/aromatic N) is 5. The van der Waals surface area contributed by atoms with Crippen molar-refractivity contribution in [2.45, 2.75) is 0 Å². The van der Waals surface area contributed by atoms with Gasteiger partial charge in [-0.3, -0.25) is 9.13 Å². The van der Waals surface area contributed by atoms with Crippen LogP contribution in [0.5, 0.6) is 0 Å². The molecule has 0 N–H and O–H groups in total. The fourth-order valence-electron chi connectivity index (χ4n) is 6.97. The van der Waals surface area contributed by atoms with Gasteiger partial charge in [-0.25, -0.2) is 0 Å². The Labute approximate surface area is 308 Å². The maximum atomic E-state index is 9.17. The van der Waals surface area contributed by atoms with E-state index in [1.165, 1.54) is 0 Å². The summed E-state index contributed by atoms with van der Waals surface area (Å²) in [4.78, 5) is 14.5. The van der Waals surface area contributed by atoms with Crippen molar-refractivity contribution >= 4 is 75.9 Å². The molecular formula is C45H27N5. The van der Waals surface area contributed by atoms with Crippen LogP contribution in [0.4, 0.5) is 0 Å². The van der Waals surface area contributed by atoms with Gasteiger partial charge >= 0.3 is 0 Å². The topological polar surface area (TPSA) is 48.5 Å². The van der Waals surface area contributed by atoms with E-state index in [-0.39, 0.29) is 49.4 Å². The highest BCUT2D eigenvalue weighted by molar-refractivity contribution is 6.25. The minimum absolute atomic E-state index is 0.123. The molecule has 232 valence electrons. The Hall–Kier alpha value is -6.85. The van der Waals surface area contributed by atoms with E-state index in [2.05, 4.69) is 0 Å². The zero-order chi connectivity index (χ0) is 46.7. The second-order valence-corrected chi connectivity index (χ2v) is 11.7. The monoisotopic (exact) mass is 653 g/mol. The molecule has 5 nitrogen and oxygen atoms in total. The number of hydrogen-bond donors (Lipinski definition) is 0. The molecule has 5 heteroatoms. The first-order chi connectivity index (χ1) is 31.5. The molecule has 11 rings (SSSR count). The van der Waals surface area contributed by atoms with Crippen LogP contribution >= 0.6 is 0 Å². The van der Waals surface area contributed by atoms with Gasteiger partial charge in [-0.1, -0.05) is 133 Å². The summed E-state index contributed by atoms with van der Waals surface area (Å²) in [5, 5.41) is 4.45. The summed E-state index contributed by atoms with van der Waals surface area (Å²) in [6.45, 7) is 0. The molecule has 0 aliphatic heterocycles. The average Bonchev–Trinajstić information content (AvgIpc) is 3.89. The lowest BCUT2D eigenvalue weighted by atomic mass is 9.93. The second-order valence-electron chi connectivity index (χ2n) is 11.7. The van der Waals surface area contributed by atoms with Gasteiger partial charge in [-0.2, -0.15) is 15.0 Å². The highest BCUT2D eigenvalue weighted by Crippen LogP contribution is 2.38. The van der Waals surface area contributed by atoms with E-state index in [1.54, 1.807) is 6.07 Å². The van der Waals surface area contributed by atoms with Crippen molar-refractivity contribution in [2.75, 3.05) is 0 Å². The van der Waals surface area contributed by atoms with Crippen LogP contribution in [-0.4, -0.2) is 24.1 Å². The molecule has 0 spiro atoms. The summed E-state index contributed by atoms with van der Waals surface area (Å²) in [6.07, 6.45) is 0. The molecule has 0 bridgehead atoms. The summed E-state index contributed by atoms with van der Waals surface area (Å²) in [5.41, 5.74) is -0.899. The molecule has 0 unspecified atom stereocenters. The summed E-state index contributed by atoms with van der Waals surface area (Å²) in [6, 6.07) is 10.8. The van der Waals surface area contributed by atoms with Gasteiger partial charge in [-0.05, 0) is 62.6 Å². The standard InChI is InChI=1S/C45H27N5/c1-2-15-31-29(13-1)30-14-3-4-16-32(30)38-27-28(25-26-33(31)38)43-46-44(49-39-21-9-5-17-34(39)35-18-6-10-22-40(35)49)48-45(47-43)50-41-23-11-7-19-36(41)37-20-8-12-24-42(37)50/h1-27H/i5D,6D,7D,8D,9D,10D,11D,12D,17D,18D,19D,20D,21D,22D,23D,24D. The Morgan fingerprint density at radius 3 is 1.14 bits per heavy atom. The van der Waals surface area contributed by atoms with Crippen LogP contribution in [0.25, 0.3) is 99.2 Å². The molecule has 0 aliphatic rings. The Balaban J connectivity index is 1.37. The maximum absolute atomic E-state index is 9.17. The summed E-state index contributed by atoms with van der Waals surface area (Å²) < 4.78 is 144. The first-order valence-electron chi connectivity index (χ1n) is 23.6. The molecule has 0 aliphatic carbocycles. The lowest BCUT2D eigenvalue weighted by molar-refractivity contribution is 0.893. The Kier molecular flexibility index (Phi) is 3.31. The van der Waals surface area contributed by atoms with Crippen LogP contribution in [0, 0.1) is 0 Å². The summed E-state index contributed by atoms with van der Waals surface area (Å²) in [5.74, 6) is -1.03. The van der Waals surface area contributed by atoms with Crippen molar-refractivity contribution in [1.29, 1.82) is 0 Å². The van der Waals surface area contributed by atoms with Crippen LogP contribution in [0.2, 0.25) is 0 Å². The summed E-state index contributed by atoms with van der Waals surface area (Å²) >= 11 is 0. The third kappa shape index (κ3) is 3.80. The second kappa shape index (κ2) is 10.3. The van der Waals surface area contributed by atoms with Crippen LogP contribution < -0.4 is 0 Å². The molecule has 0 saturated heterocycles. The van der Waals surface area contributed by atoms with E-state index in [9.17, 15) is 5.48 Å². The van der Waals surface area contributed by atoms with Gasteiger partial charge in [0.05, 0.1) is 44.0 Å². The normalized spacial score (nSPS) is 16.5. The van der Waals surface area contributed by atoms with Crippen molar-refractivity contribution in [3.63, 3.8) is 0 Å². The molecule has 0 saturated carbocycles. The molecule has 3 aromatic heterocycles. The van der Waals surface area contributed by atoms with Gasteiger partial charge in [0, 0.05) is 27.1 Å². The van der Waals surface area contributed by atoms with E-state index in [0.717, 1.165) is 41.5 Å². The molecule has 0 atom stereocenters. The first-order valence-corrected chi connectivity index (χ1v) is 15.6. The number of fused-ring (bicyclic) bond motifs is 12. The van der Waals surface area contributed by atoms with Gasteiger partial charge in [0.25, 0.3) is 0 Å². The number of benzene rings is 8. The number of rotatable bonds is 3. The molecule has 50 heavy (non-hydrogen) atoms. The fraction of sp³-hybridized carbons (Fsp3) is 0. The highest BCUT2D eigenvalue weighted by atomic mass is 15.3. The molecule has 3 heterocycles. The first kappa shape index (κ1) is 16.0. The predicted octanol–water partition coefficient (Wildman–Crippen LogP) is 11.2. The minimum atomic E-state index is -0.690. The van der Waals surface area contributed by atoms with Crippen molar-refractivity contribution in [3.8, 4) is 23.3 Å². The van der Waals surface area contributed by atoms with Gasteiger partial charge in [0.1, 0.15) is 0 Å². The Morgan fingerprint density at radius 2 is 0.720 bits per heavy atom. The SMILES string of the molecule is [2H]c1c([2H])c([2H])c2c(c1[2H])c1c([2H])c([2H])c([2H])c([2H])c1n2-c1nc(-c2ccc3c4ccccc4c4ccccc4c3c2)nc(-n2c3c([2H])c([2H])c([2H])c([2H])c3c3c([2H])c([2H])c([2H])c([2H])c32)n1. The zero-order valence-corrected chi connectivity index (χ0v) is 25.6. The van der Waals surface area contributed by atoms with Gasteiger partial charge in [-0.15, -0.1) is 0 Å². The van der Waals surface area contributed by atoms with Crippen LogP contribution in [-0.2, 0) is 0 Å². The summed E-state index contributed by atoms with van der Waals surface area (Å²) in [7, 11) is 0. The molecule has 0 radical (unpaired) electrons. The molecule has 0 amide bonds. The molecule has 8 aromatic carbocycles. The van der Waals surface area contributed by atoms with Crippen molar-refractivity contribution in [3.05, 3.63) is 163 Å². The van der Waals surface area contributed by atoms with Gasteiger partial charge < -0.3 is 0 Å². The smallest absolute Gasteiger partial charge is 0.240 e. The minimum Gasteiger partial charge on any atom is -0.278 e. The van der Waals surface area contributed by atoms with E-state index < -0.39 is 109 Å². The third-order valence-electron chi connectivity index (χ3n) is 9.08. The Morgan fingerprint density at radius 1 is 0.360 bits per heavy atom. The predicted molar refractivity (Wildman–Crippen MR) is 206 cm³/mol. The van der Waals surface area contributed by atoms with E-state index in [0.29, 0.717) is 5.56 Å². The molecule has 0 fully saturated rings. The lowest BCUT2D eigenvalue weighted by Crippen LogP contribution is -2.10. The molecule has 11 aromatic rings. The van der Waals surface area contributed by atoms with Crippen molar-refractivity contribution in [1.82, 2.24) is 24.1 Å². The third-order valence-corrected chi connectivity index (χ3v) is 9.08. The number of aromatic nitrogens is 5. The van der Waals surface area contributed by atoms with Crippen LogP contribution in [0.1, 0.15) is 21.9 Å². The van der Waals surface area contributed by atoms with E-state index in [1.807, 2.05) is 60.7 Å². The van der Waals surface area contributed by atoms with Crippen molar-refractivity contribution in [2.24, 2.45) is 0 Å². The van der Waals surface area contributed by atoms with E-state index >= 15 is 0 Å². The quantitative estimate of drug-likeness (QED) is 0.178. The number of para-hydroxylation sites is 4. The Bertz CT molecular complexity index is 3720. The van der Waals surface area contributed by atoms with Crippen LogP contribution in [0.3, 0.4) is 0 Å². The maximum Gasteiger partial charge on any atom is 0.240 e. The average molecular weight is 654 g/mol. The zero-order valence-electron chi connectivity index (χ0n) is 41.6. The fourth-order valence-corrected chi connectivity index (χ4v) is 6.97. The molecular weight excluding hydrogens is 611 g/mol. The van der Waals surface area contributed by atoms with E-state index in [4.69, 9.17) is 31.4 Å². The number of hydrogen-bond acceptors (Lipinski definition) is 3. The van der Waals surface area contributed by atoms with Crippen molar-refractivity contribution < 1.29 is 21.9 Å².